The Morgan fingerprint density at radius 3 is 2.56 bits per heavy atom. The monoisotopic (exact) mass is 496 g/mol. The van der Waals surface area contributed by atoms with Crippen molar-refractivity contribution in [3.05, 3.63) is 76.2 Å². The highest BCUT2D eigenvalue weighted by atomic mass is 32.2. The van der Waals surface area contributed by atoms with Crippen molar-refractivity contribution in [3.8, 4) is 5.75 Å². The fourth-order valence-corrected chi connectivity index (χ4v) is 6.11. The number of amides is 1. The quantitative estimate of drug-likeness (QED) is 0.324. The van der Waals surface area contributed by atoms with Crippen molar-refractivity contribution in [1.29, 1.82) is 0 Å². The topological polar surface area (TPSA) is 67.9 Å². The minimum atomic E-state index is -0.392. The van der Waals surface area contributed by atoms with Crippen LogP contribution < -0.4 is 10.1 Å². The van der Waals surface area contributed by atoms with Crippen molar-refractivity contribution in [3.63, 3.8) is 0 Å². The molecule has 2 heterocycles. The molecule has 0 unspecified atom stereocenters. The first-order valence-corrected chi connectivity index (χ1v) is 12.9. The molecule has 1 aromatic heterocycles. The van der Waals surface area contributed by atoms with Crippen LogP contribution in [-0.2, 0) is 29.0 Å². The molecule has 0 fully saturated rings. The Morgan fingerprint density at radius 2 is 1.85 bits per heavy atom. The van der Waals surface area contributed by atoms with Crippen molar-refractivity contribution >= 4 is 40.0 Å². The van der Waals surface area contributed by atoms with Gasteiger partial charge in [-0.2, -0.15) is 0 Å². The molecule has 34 heavy (non-hydrogen) atoms. The molecule has 1 N–H and O–H groups in total. The molecule has 2 aromatic carbocycles. The molecule has 4 rings (SSSR count). The van der Waals surface area contributed by atoms with Gasteiger partial charge in [0.1, 0.15) is 10.8 Å². The number of rotatable bonds is 9. The van der Waals surface area contributed by atoms with E-state index in [0.717, 1.165) is 47.1 Å². The van der Waals surface area contributed by atoms with Gasteiger partial charge in [0.05, 0.1) is 19.8 Å². The predicted molar refractivity (Wildman–Crippen MR) is 137 cm³/mol. The molecule has 0 radical (unpaired) electrons. The van der Waals surface area contributed by atoms with Crippen molar-refractivity contribution in [2.45, 2.75) is 30.8 Å². The normalized spacial score (nSPS) is 13.2. The Hall–Kier alpha value is -2.81. The Morgan fingerprint density at radius 1 is 1.09 bits per heavy atom. The van der Waals surface area contributed by atoms with Crippen LogP contribution in [0.15, 0.2) is 59.5 Å². The van der Waals surface area contributed by atoms with E-state index in [1.54, 1.807) is 18.9 Å². The number of nitrogens with zero attached hydrogens (tertiary/aromatic N) is 1. The number of ether oxygens (including phenoxy) is 2. The molecule has 1 aliphatic heterocycles. The van der Waals surface area contributed by atoms with E-state index in [-0.39, 0.29) is 5.91 Å². The molecule has 0 atom stereocenters. The van der Waals surface area contributed by atoms with Crippen LogP contribution in [0.3, 0.4) is 0 Å². The zero-order chi connectivity index (χ0) is 23.9. The van der Waals surface area contributed by atoms with E-state index in [1.165, 1.54) is 24.0 Å². The zero-order valence-corrected chi connectivity index (χ0v) is 21.0. The molecule has 0 saturated heterocycles. The standard InChI is InChI=1S/C26H28N2O4S2/c1-31-19-8-10-20(11-9-19)33-15-13-23(29)27-25-24(26(30)32-2)21-12-14-28(17-22(21)34-25)16-18-6-4-3-5-7-18/h3-11H,12-17H2,1-2H3,(H,27,29). The van der Waals surface area contributed by atoms with Crippen molar-refractivity contribution in [1.82, 2.24) is 4.90 Å². The maximum Gasteiger partial charge on any atom is 0.341 e. The van der Waals surface area contributed by atoms with Gasteiger partial charge < -0.3 is 14.8 Å². The number of benzene rings is 2. The number of methoxy groups -OCH3 is 2. The van der Waals surface area contributed by atoms with Gasteiger partial charge in [0.2, 0.25) is 5.91 Å². The number of thiophene rings is 1. The number of nitrogens with one attached hydrogen (secondary N) is 1. The summed E-state index contributed by atoms with van der Waals surface area (Å²) < 4.78 is 10.2. The van der Waals surface area contributed by atoms with Crippen LogP contribution in [-0.4, -0.2) is 43.3 Å². The largest absolute Gasteiger partial charge is 0.497 e. The SMILES string of the molecule is COC(=O)c1c(NC(=O)CCSc2ccc(OC)cc2)sc2c1CCN(Cc1ccccc1)C2. The highest BCUT2D eigenvalue weighted by Crippen LogP contribution is 2.38. The maximum absolute atomic E-state index is 12.7. The Labute approximate surface area is 208 Å². The Bertz CT molecular complexity index is 1130. The van der Waals surface area contributed by atoms with Gasteiger partial charge in [0, 0.05) is 41.6 Å². The first kappa shape index (κ1) is 24.3. The second-order valence-electron chi connectivity index (χ2n) is 7.97. The minimum Gasteiger partial charge on any atom is -0.497 e. The molecule has 0 saturated carbocycles. The van der Waals surface area contributed by atoms with Gasteiger partial charge in [-0.15, -0.1) is 23.1 Å². The number of esters is 1. The first-order valence-electron chi connectivity index (χ1n) is 11.1. The third kappa shape index (κ3) is 6.00. The minimum absolute atomic E-state index is 0.106. The average molecular weight is 497 g/mol. The number of thioether (sulfide) groups is 1. The van der Waals surface area contributed by atoms with Gasteiger partial charge in [-0.1, -0.05) is 30.3 Å². The van der Waals surface area contributed by atoms with Crippen molar-refractivity contribution in [2.75, 3.05) is 31.8 Å². The lowest BCUT2D eigenvalue weighted by Crippen LogP contribution is -2.29. The highest BCUT2D eigenvalue weighted by molar-refractivity contribution is 7.99. The van der Waals surface area contributed by atoms with Crippen LogP contribution in [0.5, 0.6) is 5.75 Å². The molecule has 3 aromatic rings. The fourth-order valence-electron chi connectivity index (χ4n) is 3.96. The summed E-state index contributed by atoms with van der Waals surface area (Å²) in [6.07, 6.45) is 1.10. The number of fused-ring (bicyclic) bond motifs is 1. The summed E-state index contributed by atoms with van der Waals surface area (Å²) in [4.78, 5) is 29.8. The molecule has 0 aliphatic carbocycles. The zero-order valence-electron chi connectivity index (χ0n) is 19.3. The van der Waals surface area contributed by atoms with Crippen molar-refractivity contribution in [2.24, 2.45) is 0 Å². The van der Waals surface area contributed by atoms with E-state index < -0.39 is 5.97 Å². The molecule has 0 spiro atoms. The molecule has 8 heteroatoms. The van der Waals surface area contributed by atoms with Gasteiger partial charge in [0.25, 0.3) is 0 Å². The molecular formula is C26H28N2O4S2. The van der Waals surface area contributed by atoms with Crippen LogP contribution in [0.1, 0.15) is 32.8 Å². The van der Waals surface area contributed by atoms with Crippen LogP contribution in [0.25, 0.3) is 0 Å². The Balaban J connectivity index is 1.40. The summed E-state index contributed by atoms with van der Waals surface area (Å²) in [6, 6.07) is 18.1. The lowest BCUT2D eigenvalue weighted by Gasteiger charge is -2.27. The van der Waals surface area contributed by atoms with Gasteiger partial charge in [-0.25, -0.2) is 4.79 Å². The van der Waals surface area contributed by atoms with Crippen LogP contribution in [0.4, 0.5) is 5.00 Å². The summed E-state index contributed by atoms with van der Waals surface area (Å²) in [6.45, 7) is 2.46. The molecule has 0 bridgehead atoms. The summed E-state index contributed by atoms with van der Waals surface area (Å²) >= 11 is 3.10. The second-order valence-corrected chi connectivity index (χ2v) is 10.2. The highest BCUT2D eigenvalue weighted by Gasteiger charge is 2.29. The molecule has 6 nitrogen and oxygen atoms in total. The molecule has 1 aliphatic rings. The lowest BCUT2D eigenvalue weighted by molar-refractivity contribution is -0.115. The third-order valence-electron chi connectivity index (χ3n) is 5.68. The van der Waals surface area contributed by atoms with Gasteiger partial charge >= 0.3 is 5.97 Å². The summed E-state index contributed by atoms with van der Waals surface area (Å²) in [5, 5.41) is 3.57. The molecule has 1 amide bonds. The first-order chi connectivity index (χ1) is 16.6. The van der Waals surface area contributed by atoms with Gasteiger partial charge in [-0.3, -0.25) is 9.69 Å². The molecular weight excluding hydrogens is 468 g/mol. The average Bonchev–Trinajstić information content (AvgIpc) is 3.21. The van der Waals surface area contributed by atoms with Crippen LogP contribution in [0.2, 0.25) is 0 Å². The summed E-state index contributed by atoms with van der Waals surface area (Å²) in [7, 11) is 3.02. The van der Waals surface area contributed by atoms with Gasteiger partial charge in [-0.05, 0) is 41.8 Å². The van der Waals surface area contributed by atoms with Gasteiger partial charge in [0.15, 0.2) is 0 Å². The summed E-state index contributed by atoms with van der Waals surface area (Å²) in [5.41, 5.74) is 2.78. The van der Waals surface area contributed by atoms with E-state index >= 15 is 0 Å². The van der Waals surface area contributed by atoms with Crippen LogP contribution >= 0.6 is 23.1 Å². The number of carbonyl (C=O) groups is 2. The molecule has 178 valence electrons. The third-order valence-corrected chi connectivity index (χ3v) is 7.83. The van der Waals surface area contributed by atoms with E-state index in [4.69, 9.17) is 9.47 Å². The smallest absolute Gasteiger partial charge is 0.341 e. The Kier molecular flexibility index (Phi) is 8.26. The van der Waals surface area contributed by atoms with E-state index in [1.807, 2.05) is 42.5 Å². The number of hydrogen-bond donors (Lipinski definition) is 1. The second kappa shape index (κ2) is 11.6. The fraction of sp³-hybridized carbons (Fsp3) is 0.308. The predicted octanol–water partition coefficient (Wildman–Crippen LogP) is 5.22. The number of anilines is 1. The van der Waals surface area contributed by atoms with Crippen LogP contribution in [0, 0.1) is 0 Å². The van der Waals surface area contributed by atoms with E-state index in [2.05, 4.69) is 22.3 Å². The lowest BCUT2D eigenvalue weighted by atomic mass is 10.0. The van der Waals surface area contributed by atoms with Crippen molar-refractivity contribution < 1.29 is 19.1 Å². The van der Waals surface area contributed by atoms with E-state index in [9.17, 15) is 9.59 Å². The summed E-state index contributed by atoms with van der Waals surface area (Å²) in [5.74, 6) is 0.950. The number of hydrogen-bond acceptors (Lipinski definition) is 7. The number of carbonyl (C=O) groups excluding carboxylic acids is 2. The van der Waals surface area contributed by atoms with E-state index in [0.29, 0.717) is 22.7 Å². The maximum atomic E-state index is 12.7.